The lowest BCUT2D eigenvalue weighted by Gasteiger charge is -2.29. The van der Waals surface area contributed by atoms with E-state index in [0.29, 0.717) is 5.92 Å². The van der Waals surface area contributed by atoms with Crippen LogP contribution in [0, 0.1) is 5.41 Å². The number of benzene rings is 1. The lowest BCUT2D eigenvalue weighted by molar-refractivity contribution is 0.356. The van der Waals surface area contributed by atoms with E-state index >= 15 is 0 Å². The van der Waals surface area contributed by atoms with E-state index in [1.54, 1.807) is 7.11 Å². The Morgan fingerprint density at radius 1 is 1.19 bits per heavy atom. The summed E-state index contributed by atoms with van der Waals surface area (Å²) in [5.41, 5.74) is 4.47. The number of hydrogen-bond donors (Lipinski definition) is 0. The second kappa shape index (κ2) is 3.65. The molecular formula is C15H20O. The minimum Gasteiger partial charge on any atom is -0.497 e. The topological polar surface area (TPSA) is 9.23 Å². The smallest absolute Gasteiger partial charge is 0.119 e. The monoisotopic (exact) mass is 216 g/mol. The van der Waals surface area contributed by atoms with E-state index in [2.05, 4.69) is 45.9 Å². The van der Waals surface area contributed by atoms with Crippen LogP contribution < -0.4 is 4.74 Å². The molecule has 0 N–H and O–H groups in total. The minimum absolute atomic E-state index is 0.262. The van der Waals surface area contributed by atoms with Crippen molar-refractivity contribution in [3.05, 3.63) is 34.9 Å². The molecule has 0 saturated heterocycles. The van der Waals surface area contributed by atoms with Gasteiger partial charge < -0.3 is 4.74 Å². The van der Waals surface area contributed by atoms with Crippen LogP contribution in [0.3, 0.4) is 0 Å². The summed E-state index contributed by atoms with van der Waals surface area (Å²) >= 11 is 0. The molecule has 86 valence electrons. The van der Waals surface area contributed by atoms with Gasteiger partial charge in [0.2, 0.25) is 0 Å². The third-order valence-corrected chi connectivity index (χ3v) is 3.31. The van der Waals surface area contributed by atoms with Crippen molar-refractivity contribution < 1.29 is 4.74 Å². The molecule has 1 aromatic rings. The highest BCUT2D eigenvalue weighted by Crippen LogP contribution is 2.47. The highest BCUT2D eigenvalue weighted by molar-refractivity contribution is 5.67. The van der Waals surface area contributed by atoms with Crippen LogP contribution in [-0.4, -0.2) is 7.11 Å². The molecule has 16 heavy (non-hydrogen) atoms. The van der Waals surface area contributed by atoms with E-state index in [1.165, 1.54) is 16.7 Å². The Hall–Kier alpha value is -1.24. The number of ether oxygens (including phenoxy) is 1. The van der Waals surface area contributed by atoms with E-state index in [1.807, 2.05) is 6.07 Å². The zero-order valence-electron chi connectivity index (χ0n) is 10.8. The van der Waals surface area contributed by atoms with Gasteiger partial charge in [0.05, 0.1) is 7.11 Å². The van der Waals surface area contributed by atoms with Crippen molar-refractivity contribution in [1.29, 1.82) is 0 Å². The maximum absolute atomic E-state index is 5.31. The van der Waals surface area contributed by atoms with Crippen LogP contribution in [0.2, 0.25) is 0 Å². The van der Waals surface area contributed by atoms with Gasteiger partial charge in [-0.05, 0) is 35.6 Å². The number of fused-ring (bicyclic) bond motifs is 1. The molecule has 0 amide bonds. The van der Waals surface area contributed by atoms with Crippen molar-refractivity contribution in [2.24, 2.45) is 5.41 Å². The van der Waals surface area contributed by atoms with Crippen LogP contribution in [0.1, 0.15) is 44.7 Å². The fraction of sp³-hybridized carbons (Fsp3) is 0.467. The molecule has 0 radical (unpaired) electrons. The Morgan fingerprint density at radius 2 is 1.88 bits per heavy atom. The second-order valence-electron chi connectivity index (χ2n) is 5.68. The molecule has 0 spiro atoms. The molecule has 2 rings (SSSR count). The normalized spacial score (nSPS) is 19.3. The first kappa shape index (κ1) is 11.3. The van der Waals surface area contributed by atoms with E-state index in [4.69, 9.17) is 4.74 Å². The van der Waals surface area contributed by atoms with Gasteiger partial charge in [-0.25, -0.2) is 0 Å². The summed E-state index contributed by atoms with van der Waals surface area (Å²) in [4.78, 5) is 0. The number of hydrogen-bond acceptors (Lipinski definition) is 1. The summed E-state index contributed by atoms with van der Waals surface area (Å²) in [5.74, 6) is 1.47. The summed E-state index contributed by atoms with van der Waals surface area (Å²) in [7, 11) is 1.73. The van der Waals surface area contributed by atoms with E-state index in [-0.39, 0.29) is 5.41 Å². The van der Waals surface area contributed by atoms with Gasteiger partial charge in [-0.15, -0.1) is 0 Å². The van der Waals surface area contributed by atoms with Crippen molar-refractivity contribution in [2.45, 2.75) is 33.6 Å². The van der Waals surface area contributed by atoms with Crippen molar-refractivity contribution >= 4 is 6.08 Å². The van der Waals surface area contributed by atoms with Crippen LogP contribution in [0.25, 0.3) is 6.08 Å². The molecule has 0 bridgehead atoms. The summed E-state index contributed by atoms with van der Waals surface area (Å²) in [5, 5.41) is 0. The zero-order valence-corrected chi connectivity index (χ0v) is 10.8. The molecule has 0 fully saturated rings. The number of methoxy groups -OCH3 is 1. The maximum atomic E-state index is 5.31. The molecule has 1 atom stereocenters. The van der Waals surface area contributed by atoms with Gasteiger partial charge in [0, 0.05) is 5.92 Å². The predicted octanol–water partition coefficient (Wildman–Crippen LogP) is 4.24. The first-order valence-corrected chi connectivity index (χ1v) is 5.79. The number of rotatable bonds is 1. The molecule has 1 heteroatoms. The second-order valence-corrected chi connectivity index (χ2v) is 5.68. The molecule has 0 aliphatic heterocycles. The molecule has 1 nitrogen and oxygen atoms in total. The molecule has 0 aromatic heterocycles. The van der Waals surface area contributed by atoms with Gasteiger partial charge in [0.1, 0.15) is 5.75 Å². The lowest BCUT2D eigenvalue weighted by atomic mass is 9.75. The summed E-state index contributed by atoms with van der Waals surface area (Å²) < 4.78 is 5.31. The third kappa shape index (κ3) is 1.75. The largest absolute Gasteiger partial charge is 0.497 e. The van der Waals surface area contributed by atoms with Crippen LogP contribution in [0.4, 0.5) is 0 Å². The van der Waals surface area contributed by atoms with Gasteiger partial charge in [-0.1, -0.05) is 38.5 Å². The number of allylic oxidation sites excluding steroid dienone is 1. The first-order valence-electron chi connectivity index (χ1n) is 5.79. The average molecular weight is 216 g/mol. The van der Waals surface area contributed by atoms with Crippen LogP contribution in [0.5, 0.6) is 5.75 Å². The van der Waals surface area contributed by atoms with Crippen molar-refractivity contribution in [1.82, 2.24) is 0 Å². The molecule has 0 heterocycles. The van der Waals surface area contributed by atoms with Gasteiger partial charge in [0.25, 0.3) is 0 Å². The summed E-state index contributed by atoms with van der Waals surface area (Å²) in [6.07, 6.45) is 2.30. The van der Waals surface area contributed by atoms with Crippen molar-refractivity contribution in [3.8, 4) is 5.75 Å². The Balaban J connectivity index is 2.51. The highest BCUT2D eigenvalue weighted by atomic mass is 16.5. The minimum atomic E-state index is 0.262. The zero-order chi connectivity index (χ0) is 11.9. The summed E-state index contributed by atoms with van der Waals surface area (Å²) in [6, 6.07) is 6.37. The SMILES string of the molecule is COc1ccc2c(c1)C(C(C)(C)C)C(C)=C2. The quantitative estimate of drug-likeness (QED) is 0.682. The van der Waals surface area contributed by atoms with Crippen molar-refractivity contribution in [3.63, 3.8) is 0 Å². The van der Waals surface area contributed by atoms with Crippen LogP contribution >= 0.6 is 0 Å². The third-order valence-electron chi connectivity index (χ3n) is 3.31. The molecule has 1 aliphatic rings. The Morgan fingerprint density at radius 3 is 2.44 bits per heavy atom. The van der Waals surface area contributed by atoms with Crippen LogP contribution in [0.15, 0.2) is 23.8 Å². The lowest BCUT2D eigenvalue weighted by Crippen LogP contribution is -2.17. The predicted molar refractivity (Wildman–Crippen MR) is 68.8 cm³/mol. The fourth-order valence-electron chi connectivity index (χ4n) is 2.78. The standard InChI is InChI=1S/C15H20O/c1-10-8-11-6-7-12(16-5)9-13(11)14(10)15(2,3)4/h6-9,14H,1-5H3. The molecule has 1 aromatic carbocycles. The van der Waals surface area contributed by atoms with Gasteiger partial charge in [-0.3, -0.25) is 0 Å². The summed E-state index contributed by atoms with van der Waals surface area (Å²) in [6.45, 7) is 9.11. The van der Waals surface area contributed by atoms with Gasteiger partial charge in [-0.2, -0.15) is 0 Å². The van der Waals surface area contributed by atoms with E-state index in [9.17, 15) is 0 Å². The van der Waals surface area contributed by atoms with Crippen molar-refractivity contribution in [2.75, 3.05) is 7.11 Å². The Labute approximate surface area is 98.1 Å². The van der Waals surface area contributed by atoms with E-state index < -0.39 is 0 Å². The molecule has 0 saturated carbocycles. The maximum Gasteiger partial charge on any atom is 0.119 e. The molecule has 1 aliphatic carbocycles. The highest BCUT2D eigenvalue weighted by Gasteiger charge is 2.32. The van der Waals surface area contributed by atoms with E-state index in [0.717, 1.165) is 5.75 Å². The first-order chi connectivity index (χ1) is 7.43. The molecular weight excluding hydrogens is 196 g/mol. The molecule has 1 unspecified atom stereocenters. The van der Waals surface area contributed by atoms with Gasteiger partial charge >= 0.3 is 0 Å². The van der Waals surface area contributed by atoms with Gasteiger partial charge in [0.15, 0.2) is 0 Å². The Kier molecular flexibility index (Phi) is 2.57. The fourth-order valence-corrected chi connectivity index (χ4v) is 2.78. The average Bonchev–Trinajstić information content (AvgIpc) is 2.51. The van der Waals surface area contributed by atoms with Crippen LogP contribution in [-0.2, 0) is 0 Å². The Bertz CT molecular complexity index is 435.